The number of rotatable bonds is 30. The number of aliphatic hydroxyl groups excluding tert-OH is 2. The number of hydrogen-bond donors (Lipinski definition) is 3. The number of oxime groups is 1. The number of fused-ring (bicyclic) bond motifs is 2. The number of carbonyl (C=O) groups is 2. The summed E-state index contributed by atoms with van der Waals surface area (Å²) in [6.07, 6.45) is 18.2. The van der Waals surface area contributed by atoms with Gasteiger partial charge in [0.25, 0.3) is 0 Å². The lowest BCUT2D eigenvalue weighted by Crippen LogP contribution is -2.70. The van der Waals surface area contributed by atoms with Crippen molar-refractivity contribution in [3.63, 3.8) is 0 Å². The van der Waals surface area contributed by atoms with E-state index in [9.17, 15) is 19.4 Å². The second-order valence-electron chi connectivity index (χ2n) is 21.1. The zero-order valence-electron chi connectivity index (χ0n) is 45.4. The first-order valence-electron chi connectivity index (χ1n) is 27.4. The first-order valence-corrected chi connectivity index (χ1v) is 27.4. The largest absolute Gasteiger partial charge is 0.497 e. The van der Waals surface area contributed by atoms with Crippen molar-refractivity contribution in [2.75, 3.05) is 46.0 Å². The summed E-state index contributed by atoms with van der Waals surface area (Å²) in [5.74, 6) is -1.49. The van der Waals surface area contributed by atoms with E-state index in [0.29, 0.717) is 66.3 Å². The number of amides is 2. The second kappa shape index (κ2) is 29.0. The van der Waals surface area contributed by atoms with Gasteiger partial charge in [-0.05, 0) is 118 Å². The summed E-state index contributed by atoms with van der Waals surface area (Å²) in [4.78, 5) is 36.8. The van der Waals surface area contributed by atoms with Crippen LogP contribution in [-0.2, 0) is 20.9 Å². The van der Waals surface area contributed by atoms with Crippen LogP contribution in [0.2, 0.25) is 0 Å². The molecule has 3 N–H and O–H groups in total. The van der Waals surface area contributed by atoms with Gasteiger partial charge in [-0.25, -0.2) is 14.0 Å². The summed E-state index contributed by atoms with van der Waals surface area (Å²) < 4.78 is 52.2. The first-order chi connectivity index (χ1) is 36.3. The van der Waals surface area contributed by atoms with Crippen molar-refractivity contribution in [2.45, 2.75) is 167 Å². The van der Waals surface area contributed by atoms with Crippen LogP contribution in [0.1, 0.15) is 154 Å². The third kappa shape index (κ3) is 16.0. The van der Waals surface area contributed by atoms with Gasteiger partial charge in [0.05, 0.1) is 44.8 Å². The molecule has 3 aromatic carbocycles. The molecule has 1 heterocycles. The van der Waals surface area contributed by atoms with Gasteiger partial charge in [0.1, 0.15) is 40.5 Å². The average molecular weight is 1040 g/mol. The van der Waals surface area contributed by atoms with E-state index in [2.05, 4.69) is 24.9 Å². The number of aliphatic hydroxyl groups is 2. The number of nitrogens with one attached hydrogen (secondary N) is 1. The molecule has 1 saturated carbocycles. The molecule has 1 aliphatic heterocycles. The highest BCUT2D eigenvalue weighted by Gasteiger charge is 2.66. The van der Waals surface area contributed by atoms with Gasteiger partial charge in [0, 0.05) is 43.7 Å². The van der Waals surface area contributed by atoms with Crippen LogP contribution >= 0.6 is 0 Å². The minimum Gasteiger partial charge on any atom is -0.497 e. The van der Waals surface area contributed by atoms with Crippen molar-refractivity contribution in [3.05, 3.63) is 102 Å². The molecule has 1 fully saturated rings. The van der Waals surface area contributed by atoms with Gasteiger partial charge in [-0.2, -0.15) is 0 Å². The lowest BCUT2D eigenvalue weighted by Gasteiger charge is -2.60. The average Bonchev–Trinajstić information content (AvgIpc) is 3.39. The molecule has 6 unspecified atom stereocenters. The van der Waals surface area contributed by atoms with Crippen LogP contribution in [0.3, 0.4) is 0 Å². The predicted octanol–water partition coefficient (Wildman–Crippen LogP) is 13.4. The van der Waals surface area contributed by atoms with Crippen molar-refractivity contribution in [1.82, 2.24) is 4.90 Å². The fourth-order valence-electron chi connectivity index (χ4n) is 11.0. The lowest BCUT2D eigenvalue weighted by molar-refractivity contribution is -0.256. The fourth-order valence-corrected chi connectivity index (χ4v) is 11.0. The van der Waals surface area contributed by atoms with E-state index in [1.54, 1.807) is 60.6 Å². The van der Waals surface area contributed by atoms with Gasteiger partial charge >= 0.3 is 12.2 Å². The summed E-state index contributed by atoms with van der Waals surface area (Å²) in [6, 6.07) is 15.5. The smallest absolute Gasteiger partial charge is 0.417 e. The molecule has 0 spiro atoms. The molecule has 2 amide bonds. The van der Waals surface area contributed by atoms with Gasteiger partial charge in [0.2, 0.25) is 5.79 Å². The lowest BCUT2D eigenvalue weighted by atomic mass is 9.55. The highest BCUT2D eigenvalue weighted by Crippen LogP contribution is 2.62. The number of benzene rings is 3. The van der Waals surface area contributed by atoms with Crippen LogP contribution < -0.4 is 24.3 Å². The monoisotopic (exact) mass is 1040 g/mol. The van der Waals surface area contributed by atoms with Crippen LogP contribution in [0.5, 0.6) is 23.0 Å². The van der Waals surface area contributed by atoms with Gasteiger partial charge < -0.3 is 43.5 Å². The molecule has 412 valence electrons. The van der Waals surface area contributed by atoms with Crippen LogP contribution in [0.25, 0.3) is 0 Å². The van der Waals surface area contributed by atoms with E-state index >= 15 is 4.79 Å². The van der Waals surface area contributed by atoms with Crippen molar-refractivity contribution in [1.29, 1.82) is 0 Å². The number of unbranched alkanes of at least 4 members (excludes halogenated alkanes) is 11. The Balaban J connectivity index is 1.47. The number of carbonyl (C=O) groups excluding carboxylic acids is 2. The Hall–Kier alpha value is -5.64. The second-order valence-corrected chi connectivity index (χ2v) is 21.1. The third-order valence-electron chi connectivity index (χ3n) is 14.5. The number of ether oxygens (including phenoxy) is 6. The van der Waals surface area contributed by atoms with Crippen molar-refractivity contribution in [2.24, 2.45) is 22.9 Å². The van der Waals surface area contributed by atoms with Crippen LogP contribution in [0.15, 0.2) is 90.1 Å². The van der Waals surface area contributed by atoms with Crippen LogP contribution in [0.4, 0.5) is 19.7 Å². The highest BCUT2D eigenvalue weighted by molar-refractivity contribution is 6.03. The summed E-state index contributed by atoms with van der Waals surface area (Å²) in [5.41, 5.74) is 2.60. The van der Waals surface area contributed by atoms with E-state index in [1.165, 1.54) is 57.8 Å². The molecule has 3 aromatic rings. The normalized spacial score (nSPS) is 21.2. The molecule has 6 rings (SSSR count). The molecular formula is C60H84FN3O11. The van der Waals surface area contributed by atoms with Crippen molar-refractivity contribution >= 4 is 23.6 Å². The van der Waals surface area contributed by atoms with E-state index in [1.807, 2.05) is 26.8 Å². The summed E-state index contributed by atoms with van der Waals surface area (Å²) in [7, 11) is 3.05. The number of halogens is 1. The maximum atomic E-state index is 15.1. The number of nitrogens with zero attached hydrogens (tertiary/aromatic N) is 2. The zero-order chi connectivity index (χ0) is 53.8. The maximum Gasteiger partial charge on any atom is 0.417 e. The summed E-state index contributed by atoms with van der Waals surface area (Å²) >= 11 is 0. The van der Waals surface area contributed by atoms with E-state index in [-0.39, 0.29) is 57.0 Å². The zero-order valence-corrected chi connectivity index (χ0v) is 45.4. The SMILES string of the molecule is C=CCOC12Oc3ccc(OC(=O)Nc4ccc(OC)cc4OC)cc3C3C(CCCCO)C(CCCCO)C=C(C(=NOC(C)(C)C)CC1N(Cc1ccc(F)cc1)C(=O)OCCCCCCCCCCCC)C32. The van der Waals surface area contributed by atoms with E-state index in [4.69, 9.17) is 38.4 Å². The fraction of sp³-hybridized carbons (Fsp3) is 0.583. The Kier molecular flexibility index (Phi) is 22.7. The third-order valence-corrected chi connectivity index (χ3v) is 14.5. The molecular weight excluding hydrogens is 958 g/mol. The molecule has 0 aromatic heterocycles. The topological polar surface area (TPSA) is 167 Å². The Morgan fingerprint density at radius 3 is 2.20 bits per heavy atom. The predicted molar refractivity (Wildman–Crippen MR) is 290 cm³/mol. The molecule has 3 aliphatic rings. The number of anilines is 1. The number of hydrogen-bond acceptors (Lipinski definition) is 12. The molecule has 14 nitrogen and oxygen atoms in total. The molecule has 75 heavy (non-hydrogen) atoms. The van der Waals surface area contributed by atoms with E-state index < -0.39 is 47.3 Å². The standard InChI is InChI=1S/C60H84FN3O11/c1-8-10-11-12-13-14-15-16-17-22-36-71-58(68)64(41-42-25-27-44(61)28-26-42)54-40-51(63-75-59(3,4)5)48-37-43(23-18-20-33-65)47(24-19-21-34-66)55-49-38-46(30-32-52(49)74-60(54,56(48)55)72-35-9-2)73-57(67)62-50-31-29-45(69-6)39-53(50)70-7/h9,25-32,37-39,43,47,54-56,65-66H,2,8,10-24,33-36,40-41H2,1,3-7H3,(H,62,67). The Bertz CT molecular complexity index is 2350. The number of methoxy groups -OCH3 is 2. The van der Waals surface area contributed by atoms with Gasteiger partial charge in [-0.1, -0.05) is 107 Å². The Labute approximate surface area is 445 Å². The van der Waals surface area contributed by atoms with Crippen LogP contribution in [0, 0.1) is 23.6 Å². The Morgan fingerprint density at radius 2 is 1.55 bits per heavy atom. The van der Waals surface area contributed by atoms with Crippen molar-refractivity contribution < 1.29 is 57.5 Å². The minimum atomic E-state index is -1.59. The minimum absolute atomic E-state index is 0.0256. The molecule has 6 atom stereocenters. The quantitative estimate of drug-likeness (QED) is 0.0330. The maximum absolute atomic E-state index is 15.1. The molecule has 15 heteroatoms. The first kappa shape index (κ1) is 58.6. The van der Waals surface area contributed by atoms with Crippen molar-refractivity contribution in [3.8, 4) is 23.0 Å². The molecule has 0 bridgehead atoms. The number of allylic oxidation sites excluding steroid dienone is 1. The molecule has 2 aliphatic carbocycles. The highest BCUT2D eigenvalue weighted by atomic mass is 19.1. The molecule has 0 radical (unpaired) electrons. The molecule has 0 saturated heterocycles. The van der Waals surface area contributed by atoms with Gasteiger partial charge in [-0.3, -0.25) is 10.2 Å². The van der Waals surface area contributed by atoms with Gasteiger partial charge in [0.15, 0.2) is 0 Å². The van der Waals surface area contributed by atoms with E-state index in [0.717, 1.165) is 43.2 Å². The summed E-state index contributed by atoms with van der Waals surface area (Å²) in [5, 5.41) is 27.9. The van der Waals surface area contributed by atoms with Gasteiger partial charge in [-0.15, -0.1) is 6.58 Å². The van der Waals surface area contributed by atoms with Crippen LogP contribution in [-0.4, -0.2) is 91.1 Å². The Morgan fingerprint density at radius 1 is 0.867 bits per heavy atom. The summed E-state index contributed by atoms with van der Waals surface area (Å²) in [6.45, 7) is 12.4.